The molecule has 15 nitrogen and oxygen atoms in total. The Bertz CT molecular complexity index is 1830. The number of allylic oxidation sites excluding steroid dienone is 1. The standard InChI is InChI=1S/C25H18N8O7/c26-5-4-13-21-31-18(10-38-21)25-32-16(9-40-25)22-27-12(6-36-22)2-1-3-19-28-15(8-35-19)23-33-17(11-39-23)24-30-14(7-37-24)20(34)29-13/h1-2,6-11,13H,3-5,26H2,(H,29,34)/b2-1+. The molecule has 6 aromatic heterocycles. The van der Waals surface area contributed by atoms with Crippen LogP contribution in [-0.2, 0) is 6.42 Å². The van der Waals surface area contributed by atoms with E-state index in [1.54, 1.807) is 6.08 Å². The van der Waals surface area contributed by atoms with Crippen molar-refractivity contribution in [2.45, 2.75) is 18.9 Å². The van der Waals surface area contributed by atoms with Crippen molar-refractivity contribution >= 4 is 12.0 Å². The number of rotatable bonds is 2. The number of nitrogens with one attached hydrogen (secondary N) is 1. The number of nitrogens with two attached hydrogens (primary N) is 1. The molecule has 0 spiro atoms. The first-order valence-corrected chi connectivity index (χ1v) is 12.0. The van der Waals surface area contributed by atoms with Gasteiger partial charge in [0.25, 0.3) is 5.91 Å². The van der Waals surface area contributed by atoms with Gasteiger partial charge in [-0.15, -0.1) is 0 Å². The molecular formula is C25H18N8O7. The maximum atomic E-state index is 13.0. The van der Waals surface area contributed by atoms with Gasteiger partial charge in [-0.05, 0) is 19.0 Å². The van der Waals surface area contributed by atoms with Gasteiger partial charge < -0.3 is 37.6 Å². The van der Waals surface area contributed by atoms with Crippen molar-refractivity contribution in [1.82, 2.24) is 35.2 Å². The lowest BCUT2D eigenvalue weighted by Gasteiger charge is -2.13. The van der Waals surface area contributed by atoms with Gasteiger partial charge in [-0.1, -0.05) is 6.08 Å². The molecule has 3 N–H and O–H groups in total. The number of amides is 1. The predicted octanol–water partition coefficient (Wildman–Crippen LogP) is 3.67. The van der Waals surface area contributed by atoms with Crippen LogP contribution in [0.15, 0.2) is 70.2 Å². The van der Waals surface area contributed by atoms with Crippen LogP contribution in [-0.4, -0.2) is 42.4 Å². The van der Waals surface area contributed by atoms with E-state index in [1.807, 2.05) is 6.08 Å². The Hall–Kier alpha value is -5.57. The SMILES string of the molecule is NCCC1NC(=O)c2coc(n2)-c2coc(n2)-c2coc(n2)C/C=C/c2coc(n2)-c2coc(n2)-c2coc1n2. The third kappa shape index (κ3) is 4.39. The first kappa shape index (κ1) is 23.5. The Morgan fingerprint density at radius 2 is 1.27 bits per heavy atom. The Kier molecular flexibility index (Phi) is 5.67. The molecule has 0 saturated carbocycles. The van der Waals surface area contributed by atoms with Crippen LogP contribution in [0, 0.1) is 0 Å². The maximum Gasteiger partial charge on any atom is 0.273 e. The lowest BCUT2D eigenvalue weighted by Crippen LogP contribution is -2.30. The van der Waals surface area contributed by atoms with Gasteiger partial charge in [-0.2, -0.15) is 0 Å². The van der Waals surface area contributed by atoms with E-state index in [9.17, 15) is 4.79 Å². The topological polar surface area (TPSA) is 211 Å². The van der Waals surface area contributed by atoms with E-state index < -0.39 is 11.9 Å². The lowest BCUT2D eigenvalue weighted by atomic mass is 10.2. The minimum atomic E-state index is -0.660. The van der Waals surface area contributed by atoms with Crippen molar-refractivity contribution in [2.75, 3.05) is 6.54 Å². The summed E-state index contributed by atoms with van der Waals surface area (Å²) >= 11 is 0. The molecule has 0 saturated heterocycles. The molecule has 7 heterocycles. The Labute approximate surface area is 223 Å². The van der Waals surface area contributed by atoms with Gasteiger partial charge in [0.15, 0.2) is 34.4 Å². The number of carbonyl (C=O) groups excluding carboxylic acids is 1. The molecule has 1 amide bonds. The van der Waals surface area contributed by atoms with Gasteiger partial charge >= 0.3 is 0 Å². The van der Waals surface area contributed by atoms with E-state index in [4.69, 9.17) is 32.2 Å². The van der Waals surface area contributed by atoms with Crippen LogP contribution in [0.4, 0.5) is 0 Å². The van der Waals surface area contributed by atoms with E-state index in [0.717, 1.165) is 0 Å². The normalized spacial score (nSPS) is 15.9. The zero-order valence-electron chi connectivity index (χ0n) is 20.4. The summed E-state index contributed by atoms with van der Waals surface area (Å²) in [7, 11) is 0. The van der Waals surface area contributed by atoms with Crippen LogP contribution < -0.4 is 11.1 Å². The van der Waals surface area contributed by atoms with Gasteiger partial charge in [0.05, 0.1) is 0 Å². The van der Waals surface area contributed by atoms with Gasteiger partial charge in [0.2, 0.25) is 29.5 Å². The third-order valence-corrected chi connectivity index (χ3v) is 5.86. The van der Waals surface area contributed by atoms with E-state index in [1.165, 1.54) is 37.6 Å². The molecule has 1 aliphatic heterocycles. The highest BCUT2D eigenvalue weighted by Gasteiger charge is 2.25. The molecule has 0 aromatic carbocycles. The predicted molar refractivity (Wildman–Crippen MR) is 132 cm³/mol. The van der Waals surface area contributed by atoms with Crippen molar-refractivity contribution in [2.24, 2.45) is 5.73 Å². The highest BCUT2D eigenvalue weighted by atomic mass is 16.4. The molecule has 0 fully saturated rings. The zero-order valence-corrected chi connectivity index (χ0v) is 20.4. The molecule has 200 valence electrons. The maximum absolute atomic E-state index is 13.0. The van der Waals surface area contributed by atoms with E-state index in [-0.39, 0.29) is 47.4 Å². The molecule has 1 aliphatic rings. The minimum Gasteiger partial charge on any atom is -0.448 e. The molecule has 15 heteroatoms. The Morgan fingerprint density at radius 3 is 2.02 bits per heavy atom. The fourth-order valence-corrected chi connectivity index (χ4v) is 3.94. The molecule has 12 bridgehead atoms. The van der Waals surface area contributed by atoms with Crippen LogP contribution >= 0.6 is 0 Å². The monoisotopic (exact) mass is 542 g/mol. The minimum absolute atomic E-state index is 0.0148. The average molecular weight is 542 g/mol. The number of hydrogen-bond acceptors (Lipinski definition) is 14. The van der Waals surface area contributed by atoms with Gasteiger partial charge in [0.1, 0.15) is 49.3 Å². The molecule has 0 radical (unpaired) electrons. The van der Waals surface area contributed by atoms with E-state index in [0.29, 0.717) is 41.5 Å². The quantitative estimate of drug-likeness (QED) is 0.320. The smallest absolute Gasteiger partial charge is 0.273 e. The number of hydrogen-bond donors (Lipinski definition) is 2. The largest absolute Gasteiger partial charge is 0.448 e. The summed E-state index contributed by atoms with van der Waals surface area (Å²) in [5.41, 5.74) is 7.69. The fourth-order valence-electron chi connectivity index (χ4n) is 3.94. The van der Waals surface area contributed by atoms with Gasteiger partial charge in [-0.3, -0.25) is 4.79 Å². The van der Waals surface area contributed by atoms with Crippen molar-refractivity contribution in [3.8, 4) is 46.3 Å². The number of fused-ring (bicyclic) bond motifs is 16. The molecule has 6 aromatic rings. The van der Waals surface area contributed by atoms with Crippen molar-refractivity contribution < 1.29 is 31.3 Å². The summed E-state index contributed by atoms with van der Waals surface area (Å²) in [5.74, 6) is 0.832. The number of nitrogens with zero attached hydrogens (tertiary/aromatic N) is 6. The number of carbonyl (C=O) groups is 1. The Balaban J connectivity index is 1.25. The zero-order chi connectivity index (χ0) is 27.1. The summed E-state index contributed by atoms with van der Waals surface area (Å²) in [6.45, 7) is 0.252. The summed E-state index contributed by atoms with van der Waals surface area (Å²) in [5, 5.41) is 2.81. The molecule has 0 aliphatic carbocycles. The van der Waals surface area contributed by atoms with Crippen LogP contribution in [0.2, 0.25) is 0 Å². The summed E-state index contributed by atoms with van der Waals surface area (Å²) in [6, 6.07) is -0.660. The van der Waals surface area contributed by atoms with E-state index >= 15 is 0 Å². The van der Waals surface area contributed by atoms with Crippen molar-refractivity contribution in [3.05, 3.63) is 66.8 Å². The third-order valence-electron chi connectivity index (χ3n) is 5.86. The van der Waals surface area contributed by atoms with Gasteiger partial charge in [-0.25, -0.2) is 29.9 Å². The first-order chi connectivity index (χ1) is 19.6. The second-order valence-corrected chi connectivity index (χ2v) is 8.60. The second-order valence-electron chi connectivity index (χ2n) is 8.60. The molecule has 7 rings (SSSR count). The lowest BCUT2D eigenvalue weighted by molar-refractivity contribution is 0.0923. The van der Waals surface area contributed by atoms with Crippen LogP contribution in [0.1, 0.15) is 40.4 Å². The highest BCUT2D eigenvalue weighted by Crippen LogP contribution is 2.28. The van der Waals surface area contributed by atoms with Crippen LogP contribution in [0.5, 0.6) is 0 Å². The molecule has 40 heavy (non-hydrogen) atoms. The Morgan fingerprint density at radius 1 is 0.700 bits per heavy atom. The summed E-state index contributed by atoms with van der Waals surface area (Å²) < 4.78 is 33.3. The van der Waals surface area contributed by atoms with Crippen molar-refractivity contribution in [1.29, 1.82) is 0 Å². The molecule has 1 unspecified atom stereocenters. The summed E-state index contributed by atoms with van der Waals surface area (Å²) in [4.78, 5) is 39.2. The number of oxazole rings is 6. The average Bonchev–Trinajstić information content (AvgIpc) is 3.78. The summed E-state index contributed by atoms with van der Waals surface area (Å²) in [6.07, 6.45) is 12.5. The second kappa shape index (κ2) is 9.63. The first-order valence-electron chi connectivity index (χ1n) is 12.0. The van der Waals surface area contributed by atoms with Crippen LogP contribution in [0.3, 0.4) is 0 Å². The molecular weight excluding hydrogens is 524 g/mol. The highest BCUT2D eigenvalue weighted by molar-refractivity contribution is 5.92. The van der Waals surface area contributed by atoms with E-state index in [2.05, 4.69) is 35.2 Å². The number of aromatic nitrogens is 6. The van der Waals surface area contributed by atoms with Crippen LogP contribution in [0.25, 0.3) is 52.4 Å². The fraction of sp³-hybridized carbons (Fsp3) is 0.160. The van der Waals surface area contributed by atoms with Gasteiger partial charge in [0, 0.05) is 6.42 Å². The van der Waals surface area contributed by atoms with Crippen molar-refractivity contribution in [3.63, 3.8) is 0 Å². The molecule has 1 atom stereocenters.